The molecular weight excluding hydrogens is 448 g/mol. The largest absolute Gasteiger partial charge is 0.508 e. The molecule has 1 unspecified atom stereocenters. The fraction of sp³-hybridized carbons (Fsp3) is 0.222. The van der Waals surface area contributed by atoms with Crippen molar-refractivity contribution in [1.29, 1.82) is 0 Å². The number of nitrogens with one attached hydrogen (secondary N) is 2. The van der Waals surface area contributed by atoms with E-state index in [1.54, 1.807) is 12.1 Å². The van der Waals surface area contributed by atoms with Crippen LogP contribution in [0.1, 0.15) is 29.5 Å². The molecule has 4 N–H and O–H groups in total. The first-order valence-corrected chi connectivity index (χ1v) is 11.3. The van der Waals surface area contributed by atoms with Gasteiger partial charge in [0.05, 0.1) is 0 Å². The van der Waals surface area contributed by atoms with Gasteiger partial charge in [0.1, 0.15) is 24.4 Å². The predicted molar refractivity (Wildman–Crippen MR) is 129 cm³/mol. The highest BCUT2D eigenvalue weighted by Gasteiger charge is 2.30. The van der Waals surface area contributed by atoms with Gasteiger partial charge in [0.15, 0.2) is 0 Å². The number of carboxylic acids is 1. The zero-order valence-electron chi connectivity index (χ0n) is 19.1. The van der Waals surface area contributed by atoms with Crippen LogP contribution in [-0.4, -0.2) is 46.9 Å². The van der Waals surface area contributed by atoms with Gasteiger partial charge >= 0.3 is 12.1 Å². The third-order valence-corrected chi connectivity index (χ3v) is 6.06. The second-order valence-electron chi connectivity index (χ2n) is 8.46. The SMILES string of the molecule is CC(NC(=O)OCC1c2ccccc2-c2ccccc21)C(=O)N[C@@H](Cc1ccc(O)cc1)C(=O)O. The van der Waals surface area contributed by atoms with Crippen molar-refractivity contribution in [2.45, 2.75) is 31.3 Å². The van der Waals surface area contributed by atoms with Crippen LogP contribution in [0.4, 0.5) is 4.79 Å². The first kappa shape index (κ1) is 23.8. The van der Waals surface area contributed by atoms with Gasteiger partial charge < -0.3 is 25.6 Å². The standard InChI is InChI=1S/C27H26N2O6/c1-16(25(31)29-24(26(32)33)14-17-10-12-18(30)13-11-17)28-27(34)35-15-23-21-8-4-2-6-19(21)20-7-3-5-9-22(20)23/h2-13,16,23-24,30H,14-15H2,1H3,(H,28,34)(H,29,31)(H,32,33)/t16?,24-/m0/s1. The Kier molecular flexibility index (Phi) is 7.01. The van der Waals surface area contributed by atoms with Gasteiger partial charge in [0, 0.05) is 12.3 Å². The van der Waals surface area contributed by atoms with E-state index < -0.39 is 30.1 Å². The highest BCUT2D eigenvalue weighted by atomic mass is 16.5. The number of carboxylic acid groups (broad SMARTS) is 1. The van der Waals surface area contributed by atoms with Crippen LogP contribution in [-0.2, 0) is 20.7 Å². The van der Waals surface area contributed by atoms with Crippen molar-refractivity contribution in [2.75, 3.05) is 6.61 Å². The molecule has 0 heterocycles. The van der Waals surface area contributed by atoms with Gasteiger partial charge in [-0.3, -0.25) is 4.79 Å². The molecule has 3 aromatic rings. The molecule has 0 saturated heterocycles. The first-order chi connectivity index (χ1) is 16.8. The molecule has 180 valence electrons. The summed E-state index contributed by atoms with van der Waals surface area (Å²) in [5, 5.41) is 23.8. The zero-order valence-corrected chi connectivity index (χ0v) is 19.1. The number of phenols is 1. The number of aliphatic carboxylic acids is 1. The molecule has 0 bridgehead atoms. The summed E-state index contributed by atoms with van der Waals surface area (Å²) in [6, 6.07) is 19.8. The van der Waals surface area contributed by atoms with Gasteiger partial charge in [-0.1, -0.05) is 60.7 Å². The van der Waals surface area contributed by atoms with Crippen LogP contribution in [0.25, 0.3) is 11.1 Å². The molecule has 8 heteroatoms. The third-order valence-electron chi connectivity index (χ3n) is 6.06. The van der Waals surface area contributed by atoms with Crippen molar-refractivity contribution in [2.24, 2.45) is 0 Å². The molecule has 0 aromatic heterocycles. The molecule has 2 atom stereocenters. The smallest absolute Gasteiger partial charge is 0.407 e. The monoisotopic (exact) mass is 474 g/mol. The Hall–Kier alpha value is -4.33. The molecule has 0 aliphatic heterocycles. The van der Waals surface area contributed by atoms with E-state index >= 15 is 0 Å². The van der Waals surface area contributed by atoms with Crippen LogP contribution in [0, 0.1) is 0 Å². The molecule has 2 amide bonds. The number of amides is 2. The Balaban J connectivity index is 1.33. The summed E-state index contributed by atoms with van der Waals surface area (Å²) >= 11 is 0. The van der Waals surface area contributed by atoms with E-state index in [0.717, 1.165) is 22.3 Å². The zero-order chi connectivity index (χ0) is 24.9. The van der Waals surface area contributed by atoms with E-state index in [-0.39, 0.29) is 24.7 Å². The van der Waals surface area contributed by atoms with Gasteiger partial charge in [-0.2, -0.15) is 0 Å². The molecule has 35 heavy (non-hydrogen) atoms. The lowest BCUT2D eigenvalue weighted by Gasteiger charge is -2.19. The maximum Gasteiger partial charge on any atom is 0.407 e. The Morgan fingerprint density at radius 1 is 0.886 bits per heavy atom. The summed E-state index contributed by atoms with van der Waals surface area (Å²) in [6.07, 6.45) is -0.737. The average molecular weight is 475 g/mol. The van der Waals surface area contributed by atoms with Gasteiger partial charge in [-0.25, -0.2) is 9.59 Å². The highest BCUT2D eigenvalue weighted by molar-refractivity contribution is 5.89. The molecule has 1 aliphatic carbocycles. The molecule has 4 rings (SSSR count). The summed E-state index contributed by atoms with van der Waals surface area (Å²) < 4.78 is 5.45. The number of alkyl carbamates (subject to hydrolysis) is 1. The molecule has 0 fully saturated rings. The van der Waals surface area contributed by atoms with Crippen molar-refractivity contribution < 1.29 is 29.3 Å². The van der Waals surface area contributed by atoms with E-state index in [4.69, 9.17) is 4.74 Å². The number of benzene rings is 3. The van der Waals surface area contributed by atoms with Crippen molar-refractivity contribution >= 4 is 18.0 Å². The molecule has 0 radical (unpaired) electrons. The number of carbonyl (C=O) groups is 3. The summed E-state index contributed by atoms with van der Waals surface area (Å²) in [6.45, 7) is 1.56. The first-order valence-electron chi connectivity index (χ1n) is 11.3. The normalized spacial score (nSPS) is 13.7. The van der Waals surface area contributed by atoms with E-state index in [2.05, 4.69) is 10.6 Å². The van der Waals surface area contributed by atoms with E-state index in [1.165, 1.54) is 19.1 Å². The fourth-order valence-corrected chi connectivity index (χ4v) is 4.25. The summed E-state index contributed by atoms with van der Waals surface area (Å²) in [5.74, 6) is -1.91. The quantitative estimate of drug-likeness (QED) is 0.396. The lowest BCUT2D eigenvalue weighted by Crippen LogP contribution is -2.51. The Morgan fingerprint density at radius 3 is 2.03 bits per heavy atom. The molecule has 0 saturated carbocycles. The summed E-state index contributed by atoms with van der Waals surface area (Å²) in [7, 11) is 0. The van der Waals surface area contributed by atoms with Crippen molar-refractivity contribution in [1.82, 2.24) is 10.6 Å². The summed E-state index contributed by atoms with van der Waals surface area (Å²) in [4.78, 5) is 36.6. The topological polar surface area (TPSA) is 125 Å². The molecule has 3 aromatic carbocycles. The summed E-state index contributed by atoms with van der Waals surface area (Å²) in [5.41, 5.74) is 5.00. The molecule has 1 aliphatic rings. The van der Waals surface area contributed by atoms with Gasteiger partial charge in [0.2, 0.25) is 5.91 Å². The number of fused-ring (bicyclic) bond motifs is 3. The number of phenolic OH excluding ortho intramolecular Hbond substituents is 1. The Morgan fingerprint density at radius 2 is 1.46 bits per heavy atom. The molecule has 8 nitrogen and oxygen atoms in total. The van der Waals surface area contributed by atoms with Crippen molar-refractivity contribution in [3.8, 4) is 16.9 Å². The predicted octanol–water partition coefficient (Wildman–Crippen LogP) is 3.43. The fourth-order valence-electron chi connectivity index (χ4n) is 4.25. The van der Waals surface area contributed by atoms with E-state index in [0.29, 0.717) is 5.56 Å². The average Bonchev–Trinajstić information content (AvgIpc) is 3.17. The minimum atomic E-state index is -1.21. The number of hydrogen-bond acceptors (Lipinski definition) is 5. The lowest BCUT2D eigenvalue weighted by molar-refractivity contribution is -0.142. The van der Waals surface area contributed by atoms with Gasteiger partial charge in [0.25, 0.3) is 0 Å². The van der Waals surface area contributed by atoms with Crippen molar-refractivity contribution in [3.05, 3.63) is 89.5 Å². The number of rotatable bonds is 8. The second-order valence-corrected chi connectivity index (χ2v) is 8.46. The van der Waals surface area contributed by atoms with Crippen LogP contribution >= 0.6 is 0 Å². The highest BCUT2D eigenvalue weighted by Crippen LogP contribution is 2.44. The third kappa shape index (κ3) is 5.43. The maximum absolute atomic E-state index is 12.5. The van der Waals surface area contributed by atoms with Crippen LogP contribution in [0.15, 0.2) is 72.8 Å². The number of aromatic hydroxyl groups is 1. The Labute approximate surface area is 202 Å². The number of hydrogen-bond donors (Lipinski definition) is 4. The van der Waals surface area contributed by atoms with Gasteiger partial charge in [-0.15, -0.1) is 0 Å². The van der Waals surface area contributed by atoms with Crippen LogP contribution in [0.3, 0.4) is 0 Å². The maximum atomic E-state index is 12.5. The minimum Gasteiger partial charge on any atom is -0.508 e. The van der Waals surface area contributed by atoms with Gasteiger partial charge in [-0.05, 0) is 46.9 Å². The lowest BCUT2D eigenvalue weighted by atomic mass is 9.98. The second kappa shape index (κ2) is 10.3. The van der Waals surface area contributed by atoms with Crippen LogP contribution in [0.5, 0.6) is 5.75 Å². The molecular formula is C27H26N2O6. The molecule has 0 spiro atoms. The van der Waals surface area contributed by atoms with Crippen molar-refractivity contribution in [3.63, 3.8) is 0 Å². The van der Waals surface area contributed by atoms with E-state index in [1.807, 2.05) is 48.5 Å². The minimum absolute atomic E-state index is 0.0268. The number of ether oxygens (including phenoxy) is 1. The van der Waals surface area contributed by atoms with Crippen LogP contribution in [0.2, 0.25) is 0 Å². The van der Waals surface area contributed by atoms with E-state index in [9.17, 15) is 24.6 Å². The number of carbonyl (C=O) groups excluding carboxylic acids is 2. The Bertz CT molecular complexity index is 1190. The van der Waals surface area contributed by atoms with Crippen LogP contribution < -0.4 is 10.6 Å².